The van der Waals surface area contributed by atoms with Gasteiger partial charge in [-0.05, 0) is 6.07 Å². The van der Waals surface area contributed by atoms with Crippen molar-refractivity contribution in [3.8, 4) is 5.95 Å². The monoisotopic (exact) mass is 348 g/mol. The first kappa shape index (κ1) is 20.8. The lowest BCUT2D eigenvalue weighted by Crippen LogP contribution is -2.36. The van der Waals surface area contributed by atoms with Crippen molar-refractivity contribution in [1.82, 2.24) is 0 Å². The number of carboxylic acid groups (broad SMARTS) is 3. The fraction of sp³-hybridized carbons (Fsp3) is 0.250. The SMILES string of the molecule is O=C(O)C(=O)C[C@H](O)[C@@H](O)C(=O)O.O=COc1ccc(C(=O)O)o1. The molecule has 0 unspecified atom stereocenters. The molecule has 0 amide bonds. The fourth-order valence-corrected chi connectivity index (χ4v) is 1.10. The number of furan rings is 1. The molecule has 0 saturated carbocycles. The third-order valence-electron chi connectivity index (χ3n) is 2.21. The zero-order valence-corrected chi connectivity index (χ0v) is 11.7. The molecule has 0 bridgehead atoms. The van der Waals surface area contributed by atoms with Crippen LogP contribution in [0.5, 0.6) is 5.95 Å². The molecule has 24 heavy (non-hydrogen) atoms. The summed E-state index contributed by atoms with van der Waals surface area (Å²) in [4.78, 5) is 50.3. The lowest BCUT2D eigenvalue weighted by atomic mass is 10.1. The lowest BCUT2D eigenvalue weighted by molar-refractivity contribution is -0.156. The Kier molecular flexibility index (Phi) is 8.39. The van der Waals surface area contributed by atoms with Crippen LogP contribution in [0.1, 0.15) is 17.0 Å². The number of hydrogen-bond acceptors (Lipinski definition) is 9. The predicted molar refractivity (Wildman–Crippen MR) is 69.3 cm³/mol. The quantitative estimate of drug-likeness (QED) is 0.264. The average Bonchev–Trinajstić information content (AvgIpc) is 2.96. The van der Waals surface area contributed by atoms with Crippen molar-refractivity contribution < 1.29 is 58.7 Å². The Labute approximate surface area is 132 Å². The molecule has 5 N–H and O–H groups in total. The maximum atomic E-state index is 10.4. The number of aliphatic hydroxyl groups excluding tert-OH is 2. The summed E-state index contributed by atoms with van der Waals surface area (Å²) in [7, 11) is 0. The van der Waals surface area contributed by atoms with Gasteiger partial charge in [0.15, 0.2) is 6.10 Å². The molecule has 12 nitrogen and oxygen atoms in total. The molecule has 0 fully saturated rings. The molecule has 1 heterocycles. The maximum absolute atomic E-state index is 10.4. The smallest absolute Gasteiger partial charge is 0.372 e. The molecule has 0 radical (unpaired) electrons. The topological polar surface area (TPSA) is 209 Å². The summed E-state index contributed by atoms with van der Waals surface area (Å²) in [5.41, 5.74) is 0. The number of rotatable bonds is 8. The van der Waals surface area contributed by atoms with Crippen LogP contribution in [0.2, 0.25) is 0 Å². The Balaban J connectivity index is 0.000000446. The highest BCUT2D eigenvalue weighted by molar-refractivity contribution is 6.32. The van der Waals surface area contributed by atoms with E-state index < -0.39 is 42.3 Å². The molecule has 0 aromatic carbocycles. The fourth-order valence-electron chi connectivity index (χ4n) is 1.10. The van der Waals surface area contributed by atoms with E-state index in [4.69, 9.17) is 25.5 Å². The van der Waals surface area contributed by atoms with Crippen LogP contribution in [0, 0.1) is 0 Å². The van der Waals surface area contributed by atoms with Gasteiger partial charge in [-0.3, -0.25) is 9.59 Å². The molecule has 0 spiro atoms. The van der Waals surface area contributed by atoms with Crippen molar-refractivity contribution >= 4 is 30.2 Å². The van der Waals surface area contributed by atoms with Crippen LogP contribution < -0.4 is 4.74 Å². The average molecular weight is 348 g/mol. The molecule has 2 atom stereocenters. The summed E-state index contributed by atoms with van der Waals surface area (Å²) >= 11 is 0. The Morgan fingerprint density at radius 1 is 1.12 bits per heavy atom. The van der Waals surface area contributed by atoms with Crippen LogP contribution in [0.25, 0.3) is 0 Å². The molecule has 12 heteroatoms. The summed E-state index contributed by atoms with van der Waals surface area (Å²) in [6.45, 7) is 0.157. The molecule has 1 aromatic rings. The number of ketones is 1. The van der Waals surface area contributed by atoms with E-state index in [1.54, 1.807) is 0 Å². The summed E-state index contributed by atoms with van der Waals surface area (Å²) in [5, 5.41) is 41.9. The van der Waals surface area contributed by atoms with Gasteiger partial charge in [0.05, 0.1) is 6.10 Å². The molecule has 132 valence electrons. The Morgan fingerprint density at radius 2 is 1.71 bits per heavy atom. The maximum Gasteiger partial charge on any atom is 0.372 e. The summed E-state index contributed by atoms with van der Waals surface area (Å²) < 4.78 is 8.76. The number of aliphatic carboxylic acids is 2. The van der Waals surface area contributed by atoms with Crippen LogP contribution in [-0.2, 0) is 19.2 Å². The van der Waals surface area contributed by atoms with Crippen molar-refractivity contribution in [3.05, 3.63) is 17.9 Å². The third-order valence-corrected chi connectivity index (χ3v) is 2.21. The number of aromatic carboxylic acids is 1. The molecule has 0 aliphatic carbocycles. The van der Waals surface area contributed by atoms with E-state index in [1.807, 2.05) is 0 Å². The number of ether oxygens (including phenoxy) is 1. The van der Waals surface area contributed by atoms with Gasteiger partial charge in [0.2, 0.25) is 11.5 Å². The minimum Gasteiger partial charge on any atom is -0.479 e. The Bertz CT molecular complexity index is 615. The Hall–Kier alpha value is -3.25. The second kappa shape index (κ2) is 9.70. The van der Waals surface area contributed by atoms with Crippen LogP contribution >= 0.6 is 0 Å². The Morgan fingerprint density at radius 3 is 2.08 bits per heavy atom. The summed E-state index contributed by atoms with van der Waals surface area (Å²) in [6, 6.07) is 2.44. The van der Waals surface area contributed by atoms with Crippen molar-refractivity contribution in [1.29, 1.82) is 0 Å². The van der Waals surface area contributed by atoms with E-state index in [0.717, 1.165) is 0 Å². The number of carboxylic acids is 3. The van der Waals surface area contributed by atoms with Crippen LogP contribution in [0.15, 0.2) is 16.5 Å². The van der Waals surface area contributed by atoms with Crippen molar-refractivity contribution in [3.63, 3.8) is 0 Å². The van der Waals surface area contributed by atoms with Gasteiger partial charge in [-0.15, -0.1) is 0 Å². The summed E-state index contributed by atoms with van der Waals surface area (Å²) in [5.74, 6) is -6.44. The number of carbonyl (C=O) groups excluding carboxylic acids is 2. The van der Waals surface area contributed by atoms with Gasteiger partial charge in [0, 0.05) is 12.5 Å². The summed E-state index contributed by atoms with van der Waals surface area (Å²) in [6.07, 6.45) is -4.98. The van der Waals surface area contributed by atoms with Gasteiger partial charge in [-0.25, -0.2) is 14.4 Å². The molecular weight excluding hydrogens is 336 g/mol. The second-order valence-corrected chi connectivity index (χ2v) is 3.92. The predicted octanol–water partition coefficient (Wildman–Crippen LogP) is -1.65. The van der Waals surface area contributed by atoms with E-state index in [-0.39, 0.29) is 18.2 Å². The number of carbonyl (C=O) groups is 5. The van der Waals surface area contributed by atoms with Gasteiger partial charge in [0.1, 0.15) is 0 Å². The highest BCUT2D eigenvalue weighted by atomic mass is 16.6. The first-order valence-electron chi connectivity index (χ1n) is 5.88. The van der Waals surface area contributed by atoms with Crippen LogP contribution in [-0.4, -0.2) is 67.9 Å². The highest BCUT2D eigenvalue weighted by Crippen LogP contribution is 2.14. The molecule has 0 saturated heterocycles. The molecule has 1 rings (SSSR count). The van der Waals surface area contributed by atoms with E-state index in [1.165, 1.54) is 12.1 Å². The number of aliphatic hydroxyl groups is 2. The van der Waals surface area contributed by atoms with Crippen LogP contribution in [0.3, 0.4) is 0 Å². The lowest BCUT2D eigenvalue weighted by Gasteiger charge is -2.11. The van der Waals surface area contributed by atoms with Gasteiger partial charge >= 0.3 is 24.4 Å². The first-order valence-corrected chi connectivity index (χ1v) is 5.88. The molecule has 0 aliphatic rings. The van der Waals surface area contributed by atoms with Crippen molar-refractivity contribution in [2.75, 3.05) is 0 Å². The number of Topliss-reactive ketones (excluding diaryl/α,β-unsaturated/α-hetero) is 1. The molecule has 0 aliphatic heterocycles. The first-order chi connectivity index (χ1) is 11.1. The number of hydrogen-bond donors (Lipinski definition) is 5. The zero-order valence-electron chi connectivity index (χ0n) is 11.7. The minimum atomic E-state index is -2.15. The van der Waals surface area contributed by atoms with Crippen molar-refractivity contribution in [2.45, 2.75) is 18.6 Å². The van der Waals surface area contributed by atoms with E-state index in [2.05, 4.69) is 9.15 Å². The molecular formula is C12H12O12. The zero-order chi connectivity index (χ0) is 18.9. The third kappa shape index (κ3) is 7.15. The largest absolute Gasteiger partial charge is 0.479 e. The standard InChI is InChI=1S/C6H8O7.C6H4O5/c7-2(4(9)6(12)13)1-3(8)5(10)11;7-3-10-5-2-1-4(11-5)6(8)9/h2,4,7,9H,1H2,(H,10,11)(H,12,13);1-3H,(H,8,9)/t2-,4+;/m0./s1. The normalized spacial score (nSPS) is 12.1. The minimum absolute atomic E-state index is 0.127. The van der Waals surface area contributed by atoms with Crippen molar-refractivity contribution in [2.24, 2.45) is 0 Å². The molecule has 1 aromatic heterocycles. The van der Waals surface area contributed by atoms with E-state index >= 15 is 0 Å². The van der Waals surface area contributed by atoms with Gasteiger partial charge in [-0.2, -0.15) is 0 Å². The van der Waals surface area contributed by atoms with E-state index in [0.29, 0.717) is 0 Å². The highest BCUT2D eigenvalue weighted by Gasteiger charge is 2.27. The van der Waals surface area contributed by atoms with Gasteiger partial charge in [0.25, 0.3) is 5.95 Å². The van der Waals surface area contributed by atoms with Gasteiger partial charge < -0.3 is 34.7 Å². The van der Waals surface area contributed by atoms with E-state index in [9.17, 15) is 24.0 Å². The van der Waals surface area contributed by atoms with Crippen LogP contribution in [0.4, 0.5) is 0 Å². The van der Waals surface area contributed by atoms with Gasteiger partial charge in [-0.1, -0.05) is 0 Å². The second-order valence-electron chi connectivity index (χ2n) is 3.92.